The number of piperidine rings is 1. The van der Waals surface area contributed by atoms with Crippen molar-refractivity contribution in [3.63, 3.8) is 0 Å². The predicted molar refractivity (Wildman–Crippen MR) is 130 cm³/mol. The Morgan fingerprint density at radius 3 is 2.69 bits per heavy atom. The zero-order valence-electron chi connectivity index (χ0n) is 20.0. The molecule has 1 aliphatic heterocycles. The summed E-state index contributed by atoms with van der Waals surface area (Å²) in [5.74, 6) is -1.07. The number of rotatable bonds is 6. The number of fused-ring (bicyclic) bond motifs is 2. The molecule has 1 aromatic carbocycles. The van der Waals surface area contributed by atoms with Gasteiger partial charge in [-0.2, -0.15) is 5.10 Å². The smallest absolute Gasteiger partial charge is 0.262 e. The van der Waals surface area contributed by atoms with Crippen molar-refractivity contribution < 1.29 is 13.6 Å². The average Bonchev–Trinajstić information content (AvgIpc) is 3.42. The van der Waals surface area contributed by atoms with E-state index in [0.29, 0.717) is 22.9 Å². The molecule has 0 saturated carbocycles. The Morgan fingerprint density at radius 1 is 1.20 bits per heavy atom. The highest BCUT2D eigenvalue weighted by Crippen LogP contribution is 2.33. The van der Waals surface area contributed by atoms with Gasteiger partial charge in [0.05, 0.1) is 23.3 Å². The lowest BCUT2D eigenvalue weighted by Crippen LogP contribution is -2.42. The number of halogens is 2. The first-order valence-electron chi connectivity index (χ1n) is 11.7. The van der Waals surface area contributed by atoms with Gasteiger partial charge in [0.15, 0.2) is 11.5 Å². The Balaban J connectivity index is 1.46. The lowest BCUT2D eigenvalue weighted by atomic mass is 10.0. The molecular formula is C24H28F2N8O. The first-order chi connectivity index (χ1) is 16.9. The summed E-state index contributed by atoms with van der Waals surface area (Å²) in [5, 5.41) is 11.3. The van der Waals surface area contributed by atoms with Crippen molar-refractivity contribution in [3.05, 3.63) is 47.4 Å². The Morgan fingerprint density at radius 2 is 1.97 bits per heavy atom. The third-order valence-electron chi connectivity index (χ3n) is 6.43. The number of hydrogen-bond acceptors (Lipinski definition) is 6. The maximum Gasteiger partial charge on any atom is 0.262 e. The van der Waals surface area contributed by atoms with E-state index >= 15 is 4.39 Å². The van der Waals surface area contributed by atoms with Gasteiger partial charge in [-0.1, -0.05) is 6.92 Å². The monoisotopic (exact) mass is 482 g/mol. The molecule has 11 heteroatoms. The first kappa shape index (κ1) is 23.2. The van der Waals surface area contributed by atoms with E-state index in [-0.39, 0.29) is 17.1 Å². The van der Waals surface area contributed by atoms with E-state index in [1.165, 1.54) is 12.3 Å². The third kappa shape index (κ3) is 4.31. The number of nitrogens with zero attached hydrogens (tertiary/aromatic N) is 6. The van der Waals surface area contributed by atoms with Crippen molar-refractivity contribution in [2.75, 3.05) is 29.9 Å². The number of alkyl halides is 1. The van der Waals surface area contributed by atoms with Gasteiger partial charge in [-0.15, -0.1) is 0 Å². The molecular weight excluding hydrogens is 454 g/mol. The van der Waals surface area contributed by atoms with Crippen LogP contribution in [0.2, 0.25) is 0 Å². The summed E-state index contributed by atoms with van der Waals surface area (Å²) in [5.41, 5.74) is 2.18. The SMILES string of the molecule is CCNC1CCN(c2cc(F)c(C(=O)Nc3cn4cc(CF)nc(C)c4n3)c3nn(C)cc23)CC1. The lowest BCUT2D eigenvalue weighted by molar-refractivity contribution is 0.102. The average molecular weight is 483 g/mol. The van der Waals surface area contributed by atoms with E-state index in [4.69, 9.17) is 0 Å². The van der Waals surface area contributed by atoms with E-state index in [1.807, 2.05) is 6.20 Å². The number of carbonyl (C=O) groups is 1. The lowest BCUT2D eigenvalue weighted by Gasteiger charge is -2.34. The minimum atomic E-state index is -0.710. The molecule has 0 spiro atoms. The molecule has 3 aromatic heterocycles. The van der Waals surface area contributed by atoms with Gasteiger partial charge in [0.1, 0.15) is 23.6 Å². The van der Waals surface area contributed by atoms with Gasteiger partial charge >= 0.3 is 0 Å². The van der Waals surface area contributed by atoms with E-state index in [2.05, 4.69) is 37.5 Å². The van der Waals surface area contributed by atoms with Crippen LogP contribution in [-0.4, -0.2) is 55.7 Å². The largest absolute Gasteiger partial charge is 0.371 e. The van der Waals surface area contributed by atoms with Crippen LogP contribution in [0.3, 0.4) is 0 Å². The van der Waals surface area contributed by atoms with Crippen LogP contribution in [0.4, 0.5) is 20.3 Å². The molecule has 9 nitrogen and oxygen atoms in total. The molecule has 2 N–H and O–H groups in total. The van der Waals surface area contributed by atoms with E-state index in [1.54, 1.807) is 29.3 Å². The number of imidazole rings is 1. The summed E-state index contributed by atoms with van der Waals surface area (Å²) in [6.45, 7) is 5.61. The summed E-state index contributed by atoms with van der Waals surface area (Å²) in [6, 6.07) is 1.89. The molecule has 0 unspecified atom stereocenters. The first-order valence-corrected chi connectivity index (χ1v) is 11.7. The van der Waals surface area contributed by atoms with Crippen molar-refractivity contribution in [1.29, 1.82) is 0 Å². The van der Waals surface area contributed by atoms with Gasteiger partial charge < -0.3 is 19.9 Å². The van der Waals surface area contributed by atoms with Crippen molar-refractivity contribution in [3.8, 4) is 0 Å². The summed E-state index contributed by atoms with van der Waals surface area (Å²) in [7, 11) is 1.75. The maximum atomic E-state index is 15.4. The van der Waals surface area contributed by atoms with Crippen molar-refractivity contribution in [1.82, 2.24) is 29.5 Å². The topological polar surface area (TPSA) is 92.4 Å². The van der Waals surface area contributed by atoms with Gasteiger partial charge in [0, 0.05) is 44.0 Å². The molecule has 1 aliphatic rings. The van der Waals surface area contributed by atoms with Crippen molar-refractivity contribution in [2.45, 2.75) is 39.4 Å². The number of benzene rings is 1. The van der Waals surface area contributed by atoms with Gasteiger partial charge in [-0.25, -0.2) is 18.7 Å². The van der Waals surface area contributed by atoms with Crippen LogP contribution in [0.25, 0.3) is 16.6 Å². The second kappa shape index (κ2) is 9.21. The van der Waals surface area contributed by atoms with Crippen LogP contribution in [0, 0.1) is 12.7 Å². The summed E-state index contributed by atoms with van der Waals surface area (Å²) >= 11 is 0. The Bertz CT molecular complexity index is 1400. The second-order valence-electron chi connectivity index (χ2n) is 8.90. The fourth-order valence-corrected chi connectivity index (χ4v) is 4.85. The van der Waals surface area contributed by atoms with Crippen LogP contribution >= 0.6 is 0 Å². The van der Waals surface area contributed by atoms with E-state index in [9.17, 15) is 9.18 Å². The number of aryl methyl sites for hydroxylation is 2. The van der Waals surface area contributed by atoms with Crippen LogP contribution in [0.5, 0.6) is 0 Å². The fraction of sp³-hybridized carbons (Fsp3) is 0.417. The highest BCUT2D eigenvalue weighted by Gasteiger charge is 2.26. The van der Waals surface area contributed by atoms with Gasteiger partial charge in [-0.05, 0) is 32.4 Å². The number of hydrogen-bond donors (Lipinski definition) is 2. The molecule has 0 atom stereocenters. The predicted octanol–water partition coefficient (Wildman–Crippen LogP) is 3.36. The summed E-state index contributed by atoms with van der Waals surface area (Å²) < 4.78 is 31.7. The normalized spacial score (nSPS) is 14.8. The highest BCUT2D eigenvalue weighted by atomic mass is 19.1. The van der Waals surface area contributed by atoms with Crippen LogP contribution < -0.4 is 15.5 Å². The Kier molecular flexibility index (Phi) is 6.10. The van der Waals surface area contributed by atoms with E-state index < -0.39 is 18.4 Å². The molecule has 5 rings (SSSR count). The zero-order valence-corrected chi connectivity index (χ0v) is 20.0. The Hall–Kier alpha value is -3.60. The summed E-state index contributed by atoms with van der Waals surface area (Å²) in [4.78, 5) is 23.9. The number of aromatic nitrogens is 5. The molecule has 1 fully saturated rings. The Labute approximate surface area is 201 Å². The minimum Gasteiger partial charge on any atom is -0.371 e. The maximum absolute atomic E-state index is 15.4. The number of amides is 1. The van der Waals surface area contributed by atoms with Gasteiger partial charge in [0.25, 0.3) is 5.91 Å². The quantitative estimate of drug-likeness (QED) is 0.438. The van der Waals surface area contributed by atoms with Gasteiger partial charge in [-0.3, -0.25) is 9.48 Å². The van der Waals surface area contributed by atoms with E-state index in [0.717, 1.165) is 43.5 Å². The minimum absolute atomic E-state index is 0.136. The molecule has 35 heavy (non-hydrogen) atoms. The van der Waals surface area contributed by atoms with Gasteiger partial charge in [0.2, 0.25) is 0 Å². The fourth-order valence-electron chi connectivity index (χ4n) is 4.85. The standard InChI is InChI=1S/C24H28F2N8O/c1-4-27-15-5-7-33(8-6-15)19-9-18(26)21(22-17(19)12-32(3)31-22)24(35)30-20-13-34-11-16(10-25)28-14(2)23(34)29-20/h9,11-13,15,27H,4-8,10H2,1-3H3,(H,30,35). The van der Waals surface area contributed by atoms with Crippen molar-refractivity contribution in [2.24, 2.45) is 7.05 Å². The molecule has 1 amide bonds. The zero-order chi connectivity index (χ0) is 24.7. The van der Waals surface area contributed by atoms with Crippen LogP contribution in [-0.2, 0) is 13.7 Å². The number of anilines is 2. The summed E-state index contributed by atoms with van der Waals surface area (Å²) in [6.07, 6.45) is 6.81. The molecule has 4 heterocycles. The molecule has 0 bridgehead atoms. The van der Waals surface area contributed by atoms with Crippen LogP contribution in [0.1, 0.15) is 41.5 Å². The molecule has 1 saturated heterocycles. The van der Waals surface area contributed by atoms with Crippen molar-refractivity contribution >= 4 is 34.0 Å². The second-order valence-corrected chi connectivity index (χ2v) is 8.90. The van der Waals surface area contributed by atoms with Crippen LogP contribution in [0.15, 0.2) is 24.7 Å². The molecule has 184 valence electrons. The molecule has 0 radical (unpaired) electrons. The number of nitrogens with one attached hydrogen (secondary N) is 2. The molecule has 0 aliphatic carbocycles. The third-order valence-corrected chi connectivity index (χ3v) is 6.43. The number of carbonyl (C=O) groups excluding carboxylic acids is 1. The highest BCUT2D eigenvalue weighted by molar-refractivity contribution is 6.14. The molecule has 4 aromatic rings.